The van der Waals surface area contributed by atoms with Gasteiger partial charge in [-0.2, -0.15) is 0 Å². The van der Waals surface area contributed by atoms with Crippen LogP contribution in [0.15, 0.2) is 6.07 Å². The minimum Gasteiger partial charge on any atom is -0.294 e. The normalized spacial score (nSPS) is 10.6. The standard InChI is InChI=1S/C12H13F3O/c1-3-4-5-8-10(13)6-9(7(2)16)12(15)11(8)14/h6H,3-5H2,1-2H3. The third-order valence-electron chi connectivity index (χ3n) is 2.41. The minimum absolute atomic E-state index is 0.142. The third-order valence-corrected chi connectivity index (χ3v) is 2.41. The fraction of sp³-hybridized carbons (Fsp3) is 0.417. The van der Waals surface area contributed by atoms with Crippen LogP contribution in [0.2, 0.25) is 0 Å². The molecule has 0 N–H and O–H groups in total. The molecule has 0 fully saturated rings. The van der Waals surface area contributed by atoms with Crippen LogP contribution in [0.3, 0.4) is 0 Å². The Morgan fingerprint density at radius 1 is 1.25 bits per heavy atom. The third kappa shape index (κ3) is 2.43. The first-order chi connectivity index (χ1) is 7.49. The molecule has 0 heterocycles. The molecule has 0 atom stereocenters. The number of rotatable bonds is 4. The fourth-order valence-corrected chi connectivity index (χ4v) is 1.47. The van der Waals surface area contributed by atoms with Gasteiger partial charge in [0, 0.05) is 5.56 Å². The largest absolute Gasteiger partial charge is 0.294 e. The molecule has 0 aliphatic rings. The van der Waals surface area contributed by atoms with Crippen LogP contribution in [0.5, 0.6) is 0 Å². The Kier molecular flexibility index (Phi) is 4.10. The molecule has 1 rings (SSSR count). The van der Waals surface area contributed by atoms with Crippen LogP contribution in [-0.4, -0.2) is 5.78 Å². The lowest BCUT2D eigenvalue weighted by Crippen LogP contribution is -2.06. The number of carbonyl (C=O) groups is 1. The van der Waals surface area contributed by atoms with Gasteiger partial charge < -0.3 is 0 Å². The molecule has 0 amide bonds. The zero-order chi connectivity index (χ0) is 12.3. The summed E-state index contributed by atoms with van der Waals surface area (Å²) in [7, 11) is 0. The summed E-state index contributed by atoms with van der Waals surface area (Å²) in [6, 6.07) is 0.770. The lowest BCUT2D eigenvalue weighted by molar-refractivity contribution is 0.101. The van der Waals surface area contributed by atoms with E-state index in [1.54, 1.807) is 0 Å². The van der Waals surface area contributed by atoms with E-state index in [9.17, 15) is 18.0 Å². The second-order valence-corrected chi connectivity index (χ2v) is 3.67. The average molecular weight is 230 g/mol. The van der Waals surface area contributed by atoms with Crippen molar-refractivity contribution in [2.75, 3.05) is 0 Å². The first-order valence-corrected chi connectivity index (χ1v) is 5.16. The summed E-state index contributed by atoms with van der Waals surface area (Å²) in [6.45, 7) is 2.94. The highest BCUT2D eigenvalue weighted by molar-refractivity contribution is 5.94. The maximum absolute atomic E-state index is 13.4. The van der Waals surface area contributed by atoms with Crippen molar-refractivity contribution in [2.45, 2.75) is 33.1 Å². The summed E-state index contributed by atoms with van der Waals surface area (Å²) in [5, 5.41) is 0. The van der Waals surface area contributed by atoms with Gasteiger partial charge in [0.2, 0.25) is 0 Å². The summed E-state index contributed by atoms with van der Waals surface area (Å²) < 4.78 is 40.2. The molecular weight excluding hydrogens is 217 g/mol. The van der Waals surface area contributed by atoms with Crippen LogP contribution in [-0.2, 0) is 6.42 Å². The van der Waals surface area contributed by atoms with E-state index in [2.05, 4.69) is 0 Å². The van der Waals surface area contributed by atoms with E-state index in [1.165, 1.54) is 0 Å². The monoisotopic (exact) mass is 230 g/mol. The molecule has 0 bridgehead atoms. The summed E-state index contributed by atoms with van der Waals surface area (Å²) >= 11 is 0. The van der Waals surface area contributed by atoms with Gasteiger partial charge >= 0.3 is 0 Å². The van der Waals surface area contributed by atoms with Gasteiger partial charge in [-0.1, -0.05) is 13.3 Å². The van der Waals surface area contributed by atoms with Gasteiger partial charge in [0.25, 0.3) is 0 Å². The number of hydrogen-bond acceptors (Lipinski definition) is 1. The van der Waals surface area contributed by atoms with E-state index in [4.69, 9.17) is 0 Å². The highest BCUT2D eigenvalue weighted by Crippen LogP contribution is 2.22. The number of halogens is 3. The molecule has 1 nitrogen and oxygen atoms in total. The van der Waals surface area contributed by atoms with Crippen LogP contribution in [0.4, 0.5) is 13.2 Å². The second-order valence-electron chi connectivity index (χ2n) is 3.67. The SMILES string of the molecule is CCCCc1c(F)cc(C(C)=O)c(F)c1F. The van der Waals surface area contributed by atoms with Crippen molar-refractivity contribution in [1.29, 1.82) is 0 Å². The lowest BCUT2D eigenvalue weighted by Gasteiger charge is -2.07. The molecule has 0 aliphatic carbocycles. The summed E-state index contributed by atoms with van der Waals surface area (Å²) in [5.74, 6) is -4.02. The van der Waals surface area contributed by atoms with Gasteiger partial charge in [-0.15, -0.1) is 0 Å². The zero-order valence-corrected chi connectivity index (χ0v) is 9.24. The van der Waals surface area contributed by atoms with Gasteiger partial charge in [-0.3, -0.25) is 4.79 Å². The molecule has 0 radical (unpaired) electrons. The van der Waals surface area contributed by atoms with Gasteiger partial charge in [0.05, 0.1) is 5.56 Å². The van der Waals surface area contributed by atoms with Gasteiger partial charge in [-0.25, -0.2) is 13.2 Å². The molecule has 0 aromatic heterocycles. The average Bonchev–Trinajstić information content (AvgIpc) is 2.23. The summed E-state index contributed by atoms with van der Waals surface area (Å²) in [4.78, 5) is 10.9. The Balaban J connectivity index is 3.23. The number of unbranched alkanes of at least 4 members (excludes halogenated alkanes) is 1. The van der Waals surface area contributed by atoms with Crippen molar-refractivity contribution in [3.63, 3.8) is 0 Å². The quantitative estimate of drug-likeness (QED) is 0.570. The lowest BCUT2D eigenvalue weighted by atomic mass is 10.0. The van der Waals surface area contributed by atoms with Crippen molar-refractivity contribution in [3.05, 3.63) is 34.6 Å². The van der Waals surface area contributed by atoms with E-state index in [0.29, 0.717) is 6.42 Å². The van der Waals surface area contributed by atoms with Crippen LogP contribution in [0, 0.1) is 17.5 Å². The molecule has 88 valence electrons. The number of carbonyl (C=O) groups excluding carboxylic acids is 1. The van der Waals surface area contributed by atoms with Crippen molar-refractivity contribution in [3.8, 4) is 0 Å². The molecule has 1 aromatic rings. The van der Waals surface area contributed by atoms with Crippen LogP contribution < -0.4 is 0 Å². The highest BCUT2D eigenvalue weighted by atomic mass is 19.2. The topological polar surface area (TPSA) is 17.1 Å². The van der Waals surface area contributed by atoms with Crippen LogP contribution in [0.1, 0.15) is 42.6 Å². The molecule has 0 saturated heterocycles. The van der Waals surface area contributed by atoms with Crippen molar-refractivity contribution in [2.24, 2.45) is 0 Å². The molecule has 4 heteroatoms. The van der Waals surface area contributed by atoms with Gasteiger partial charge in [0.1, 0.15) is 5.82 Å². The number of hydrogen-bond donors (Lipinski definition) is 0. The number of benzene rings is 1. The van der Waals surface area contributed by atoms with E-state index in [1.807, 2.05) is 6.92 Å². The Hall–Kier alpha value is -1.32. The molecule has 1 aromatic carbocycles. The van der Waals surface area contributed by atoms with Crippen LogP contribution >= 0.6 is 0 Å². The van der Waals surface area contributed by atoms with Crippen molar-refractivity contribution in [1.82, 2.24) is 0 Å². The van der Waals surface area contributed by atoms with Gasteiger partial charge in [-0.05, 0) is 25.8 Å². The molecular formula is C12H13F3O. The Morgan fingerprint density at radius 3 is 2.38 bits per heavy atom. The van der Waals surface area contributed by atoms with E-state index in [0.717, 1.165) is 19.4 Å². The highest BCUT2D eigenvalue weighted by Gasteiger charge is 2.20. The molecule has 0 aliphatic heterocycles. The van der Waals surface area contributed by atoms with E-state index in [-0.39, 0.29) is 12.0 Å². The molecule has 0 spiro atoms. The number of ketones is 1. The molecule has 0 unspecified atom stereocenters. The van der Waals surface area contributed by atoms with E-state index >= 15 is 0 Å². The smallest absolute Gasteiger partial charge is 0.170 e. The number of Topliss-reactive ketones (excluding diaryl/α,β-unsaturated/α-hetero) is 1. The predicted molar refractivity (Wildman–Crippen MR) is 54.9 cm³/mol. The van der Waals surface area contributed by atoms with Crippen molar-refractivity contribution < 1.29 is 18.0 Å². The minimum atomic E-state index is -1.25. The Bertz CT molecular complexity index is 413. The fourth-order valence-electron chi connectivity index (χ4n) is 1.47. The molecule has 0 saturated carbocycles. The van der Waals surface area contributed by atoms with Crippen LogP contribution in [0.25, 0.3) is 0 Å². The van der Waals surface area contributed by atoms with Gasteiger partial charge in [0.15, 0.2) is 17.4 Å². The second kappa shape index (κ2) is 5.14. The first-order valence-electron chi connectivity index (χ1n) is 5.16. The van der Waals surface area contributed by atoms with E-state index < -0.39 is 28.8 Å². The molecule has 16 heavy (non-hydrogen) atoms. The summed E-state index contributed by atoms with van der Waals surface area (Å²) in [6.07, 6.45) is 1.48. The summed E-state index contributed by atoms with van der Waals surface area (Å²) in [5.41, 5.74) is -0.806. The van der Waals surface area contributed by atoms with Crippen molar-refractivity contribution >= 4 is 5.78 Å². The maximum Gasteiger partial charge on any atom is 0.170 e. The Labute approximate surface area is 92.3 Å². The zero-order valence-electron chi connectivity index (χ0n) is 9.24. The first kappa shape index (κ1) is 12.7. The maximum atomic E-state index is 13.4. The predicted octanol–water partition coefficient (Wildman–Crippen LogP) is 3.65. The Morgan fingerprint density at radius 2 is 1.88 bits per heavy atom.